The molecule has 0 saturated carbocycles. The van der Waals surface area contributed by atoms with Crippen LogP contribution in [0.25, 0.3) is 0 Å². The molecular weight excluding hydrogens is 310 g/mol. The van der Waals surface area contributed by atoms with Gasteiger partial charge in [0.1, 0.15) is 0 Å². The van der Waals surface area contributed by atoms with E-state index in [0.717, 1.165) is 25.9 Å². The predicted octanol–water partition coefficient (Wildman–Crippen LogP) is 0.243. The number of ether oxygens (including phenoxy) is 2. The molecule has 0 aromatic rings. The van der Waals surface area contributed by atoms with E-state index in [0.29, 0.717) is 52.4 Å². The van der Waals surface area contributed by atoms with Gasteiger partial charge in [0.15, 0.2) is 0 Å². The molecule has 2 aliphatic heterocycles. The van der Waals surface area contributed by atoms with E-state index < -0.39 is 0 Å². The lowest BCUT2D eigenvalue weighted by atomic mass is 9.87. The molecule has 0 unspecified atom stereocenters. The van der Waals surface area contributed by atoms with Crippen LogP contribution in [0.5, 0.6) is 0 Å². The van der Waals surface area contributed by atoms with Gasteiger partial charge >= 0.3 is 0 Å². The largest absolute Gasteiger partial charge is 0.380 e. The molecule has 2 amide bonds. The minimum atomic E-state index is -0.352. The Kier molecular flexibility index (Phi) is 7.45. The Morgan fingerprint density at radius 1 is 1.29 bits per heavy atom. The second kappa shape index (κ2) is 9.34. The second-order valence-electron chi connectivity index (χ2n) is 6.52. The van der Waals surface area contributed by atoms with Crippen molar-refractivity contribution in [3.05, 3.63) is 0 Å². The number of likely N-dealkylation sites (tertiary alicyclic amines) is 1. The van der Waals surface area contributed by atoms with Crippen molar-refractivity contribution in [3.63, 3.8) is 0 Å². The lowest BCUT2D eigenvalue weighted by Crippen LogP contribution is -2.49. The van der Waals surface area contributed by atoms with Crippen LogP contribution in [-0.4, -0.2) is 86.3 Å². The summed E-state index contributed by atoms with van der Waals surface area (Å²) in [5.74, 6) is 0.220. The van der Waals surface area contributed by atoms with Crippen LogP contribution in [0.4, 0.5) is 0 Å². The molecular formula is C17H31N3O4. The summed E-state index contributed by atoms with van der Waals surface area (Å²) >= 11 is 0. The van der Waals surface area contributed by atoms with Crippen LogP contribution >= 0.6 is 0 Å². The Balaban J connectivity index is 1.82. The first-order chi connectivity index (χ1) is 11.6. The van der Waals surface area contributed by atoms with Crippen molar-refractivity contribution in [3.8, 4) is 0 Å². The van der Waals surface area contributed by atoms with Crippen molar-refractivity contribution in [2.75, 3.05) is 59.1 Å². The summed E-state index contributed by atoms with van der Waals surface area (Å²) in [6.07, 6.45) is 2.04. The van der Waals surface area contributed by atoms with E-state index in [1.165, 1.54) is 0 Å². The van der Waals surface area contributed by atoms with Crippen LogP contribution in [0, 0.1) is 0 Å². The maximum Gasteiger partial charge on any atom is 0.234 e. The Morgan fingerprint density at radius 3 is 2.71 bits per heavy atom. The number of carbonyl (C=O) groups excluding carboxylic acids is 2. The van der Waals surface area contributed by atoms with E-state index in [-0.39, 0.29) is 17.4 Å². The highest BCUT2D eigenvalue weighted by Gasteiger charge is 2.40. The van der Waals surface area contributed by atoms with Crippen LogP contribution in [-0.2, 0) is 19.1 Å². The topological polar surface area (TPSA) is 71.1 Å². The highest BCUT2D eigenvalue weighted by atomic mass is 16.5. The van der Waals surface area contributed by atoms with Gasteiger partial charge < -0.3 is 19.7 Å². The summed E-state index contributed by atoms with van der Waals surface area (Å²) in [5.41, 5.74) is -0.352. The third-order valence-electron chi connectivity index (χ3n) is 4.81. The molecule has 0 aromatic carbocycles. The monoisotopic (exact) mass is 341 g/mol. The Labute approximate surface area is 144 Å². The minimum Gasteiger partial charge on any atom is -0.380 e. The van der Waals surface area contributed by atoms with Crippen molar-refractivity contribution in [1.82, 2.24) is 15.1 Å². The number of nitrogens with one attached hydrogen (secondary N) is 1. The molecule has 7 heteroatoms. The van der Waals surface area contributed by atoms with Gasteiger partial charge in [0.25, 0.3) is 0 Å². The zero-order valence-corrected chi connectivity index (χ0v) is 15.0. The number of carbonyl (C=O) groups is 2. The van der Waals surface area contributed by atoms with Crippen molar-refractivity contribution in [2.24, 2.45) is 0 Å². The van der Waals surface area contributed by atoms with Crippen LogP contribution in [0.2, 0.25) is 0 Å². The first-order valence-electron chi connectivity index (χ1n) is 9.07. The molecule has 0 bridgehead atoms. The van der Waals surface area contributed by atoms with Gasteiger partial charge in [-0.25, -0.2) is 0 Å². The molecule has 2 heterocycles. The third-order valence-corrected chi connectivity index (χ3v) is 4.81. The lowest BCUT2D eigenvalue weighted by molar-refractivity contribution is -0.137. The second-order valence-corrected chi connectivity index (χ2v) is 6.52. The van der Waals surface area contributed by atoms with Gasteiger partial charge in [-0.2, -0.15) is 0 Å². The average molecular weight is 341 g/mol. The quantitative estimate of drug-likeness (QED) is 0.672. The summed E-state index contributed by atoms with van der Waals surface area (Å²) in [7, 11) is 0. The summed E-state index contributed by atoms with van der Waals surface area (Å²) in [6, 6.07) is 0. The molecule has 2 saturated heterocycles. The number of nitrogens with zero attached hydrogens (tertiary/aromatic N) is 2. The molecule has 2 rings (SSSR count). The molecule has 1 spiro atoms. The van der Waals surface area contributed by atoms with Crippen LogP contribution in [0.1, 0.15) is 33.1 Å². The van der Waals surface area contributed by atoms with Crippen molar-refractivity contribution < 1.29 is 19.1 Å². The summed E-state index contributed by atoms with van der Waals surface area (Å²) in [4.78, 5) is 28.2. The number of hydrogen-bond donors (Lipinski definition) is 1. The van der Waals surface area contributed by atoms with Gasteiger partial charge in [-0.15, -0.1) is 0 Å². The smallest absolute Gasteiger partial charge is 0.234 e. The van der Waals surface area contributed by atoms with Gasteiger partial charge in [0, 0.05) is 39.3 Å². The van der Waals surface area contributed by atoms with E-state index in [2.05, 4.69) is 10.2 Å². The molecule has 0 atom stereocenters. The van der Waals surface area contributed by atoms with Crippen LogP contribution < -0.4 is 5.32 Å². The SMILES string of the molecule is CCNC(=O)CN1CCC2(CC1)CC(=O)N(CCOCC)CCO2. The highest BCUT2D eigenvalue weighted by molar-refractivity contribution is 5.78. The van der Waals surface area contributed by atoms with E-state index in [1.807, 2.05) is 18.7 Å². The number of amides is 2. The molecule has 138 valence electrons. The Hall–Kier alpha value is -1.18. The van der Waals surface area contributed by atoms with Crippen LogP contribution in [0.15, 0.2) is 0 Å². The third kappa shape index (κ3) is 5.43. The molecule has 2 aliphatic rings. The summed E-state index contributed by atoms with van der Waals surface area (Å²) in [5, 5.41) is 2.83. The van der Waals surface area contributed by atoms with Crippen molar-refractivity contribution in [1.29, 1.82) is 0 Å². The number of likely N-dealkylation sites (N-methyl/N-ethyl adjacent to an activating group) is 1. The van der Waals surface area contributed by atoms with Crippen molar-refractivity contribution >= 4 is 11.8 Å². The molecule has 2 fully saturated rings. The van der Waals surface area contributed by atoms with Crippen LogP contribution in [0.3, 0.4) is 0 Å². The van der Waals surface area contributed by atoms with E-state index in [9.17, 15) is 9.59 Å². The standard InChI is InChI=1S/C17H31N3O4/c1-3-18-15(21)14-19-7-5-17(6-8-19)13-16(22)20(10-12-24-17)9-11-23-4-2/h3-14H2,1-2H3,(H,18,21). The van der Waals surface area contributed by atoms with E-state index in [4.69, 9.17) is 9.47 Å². The zero-order chi connectivity index (χ0) is 17.4. The summed E-state index contributed by atoms with van der Waals surface area (Å²) in [6.45, 7) is 9.65. The average Bonchev–Trinajstić information content (AvgIpc) is 2.70. The maximum atomic E-state index is 12.5. The number of piperidine rings is 1. The fourth-order valence-corrected chi connectivity index (χ4v) is 3.39. The fourth-order valence-electron chi connectivity index (χ4n) is 3.39. The molecule has 7 nitrogen and oxygen atoms in total. The van der Waals surface area contributed by atoms with Crippen molar-refractivity contribution in [2.45, 2.75) is 38.7 Å². The Morgan fingerprint density at radius 2 is 2.04 bits per heavy atom. The van der Waals surface area contributed by atoms with E-state index >= 15 is 0 Å². The predicted molar refractivity (Wildman–Crippen MR) is 90.7 cm³/mol. The fraction of sp³-hybridized carbons (Fsp3) is 0.882. The van der Waals surface area contributed by atoms with Gasteiger partial charge in [-0.05, 0) is 26.7 Å². The molecule has 0 aliphatic carbocycles. The Bertz CT molecular complexity index is 422. The van der Waals surface area contributed by atoms with E-state index in [1.54, 1.807) is 0 Å². The zero-order valence-electron chi connectivity index (χ0n) is 15.0. The normalized spacial score (nSPS) is 21.8. The number of hydrogen-bond acceptors (Lipinski definition) is 5. The number of rotatable bonds is 7. The molecule has 1 N–H and O–H groups in total. The minimum absolute atomic E-state index is 0.0633. The molecule has 0 radical (unpaired) electrons. The lowest BCUT2D eigenvalue weighted by Gasteiger charge is -2.40. The summed E-state index contributed by atoms with van der Waals surface area (Å²) < 4.78 is 11.5. The molecule has 0 aromatic heterocycles. The first-order valence-corrected chi connectivity index (χ1v) is 9.07. The van der Waals surface area contributed by atoms with Gasteiger partial charge in [0.05, 0.1) is 31.8 Å². The molecule has 24 heavy (non-hydrogen) atoms. The van der Waals surface area contributed by atoms with Gasteiger partial charge in [0.2, 0.25) is 11.8 Å². The highest BCUT2D eigenvalue weighted by Crippen LogP contribution is 2.32. The van der Waals surface area contributed by atoms with Gasteiger partial charge in [-0.3, -0.25) is 14.5 Å². The van der Waals surface area contributed by atoms with Gasteiger partial charge in [-0.1, -0.05) is 0 Å². The maximum absolute atomic E-state index is 12.5. The first kappa shape index (κ1) is 19.1.